The third-order valence-electron chi connectivity index (χ3n) is 11.5. The Morgan fingerprint density at radius 2 is 1.37 bits per heavy atom. The fourth-order valence-corrected chi connectivity index (χ4v) is 7.84. The molecule has 7 atom stereocenters. The number of primary amides is 1. The molecule has 2 aliphatic rings. The van der Waals surface area contributed by atoms with Gasteiger partial charge in [-0.25, -0.2) is 9.78 Å². The van der Waals surface area contributed by atoms with Crippen LogP contribution in [0.4, 0.5) is 4.79 Å². The second-order valence-electron chi connectivity index (χ2n) is 16.4. The number of urea groups is 1. The molecule has 0 saturated carbocycles. The van der Waals surface area contributed by atoms with Crippen LogP contribution < -0.4 is 54.4 Å². The van der Waals surface area contributed by atoms with Gasteiger partial charge in [-0.05, 0) is 43.4 Å². The summed E-state index contributed by atoms with van der Waals surface area (Å²) in [5.74, 6) is -7.02. The van der Waals surface area contributed by atoms with Crippen molar-refractivity contribution < 1.29 is 43.2 Å². The Kier molecular flexibility index (Phi) is 16.4. The number of aliphatic imine (C=N–C) groups is 1. The first-order valence-corrected chi connectivity index (χ1v) is 21.9. The molecule has 2 fully saturated rings. The molecule has 68 heavy (non-hydrogen) atoms. The van der Waals surface area contributed by atoms with Crippen molar-refractivity contribution in [2.24, 2.45) is 22.2 Å². The number of nitrogens with one attached hydrogen (secondary N) is 9. The standard InChI is InChI=1S/C44H55N15O9/c1-23-37(62)55-33(18-26-21-48-22-52-26)41(66)56-31(16-24-8-3-2-4-9-24)39(64)54-30(12-7-14-50-43(46)47)38(63)57-32(17-25-20-51-28-11-6-5-10-27(25)28)40(65)53-29(36(45)61)13-15-49-35(60)19-34-42(67)59(23)44(68)58-34/h2-6,8-11,20-23,29-34,51H,7,12-19H2,1H3,(H2,45,61)(H,48,52)(H,49,60)(H,53,65)(H,54,64)(H,55,62)(H,56,66)(H,57,63)(H,58,68)(H4,46,47,50)/t23-,29+,30+,31-,32+,33+,34+/m1/s1. The molecule has 360 valence electrons. The molecule has 0 unspecified atom stereocenters. The summed E-state index contributed by atoms with van der Waals surface area (Å²) in [7, 11) is 0. The molecule has 15 N–H and O–H groups in total. The third kappa shape index (κ3) is 12.9. The van der Waals surface area contributed by atoms with Gasteiger partial charge in [0.2, 0.25) is 41.4 Å². The fourth-order valence-electron chi connectivity index (χ4n) is 7.84. The first kappa shape index (κ1) is 49.1. The minimum absolute atomic E-state index is 0.0565. The molecule has 6 rings (SSSR count). The van der Waals surface area contributed by atoms with E-state index in [4.69, 9.17) is 17.2 Å². The summed E-state index contributed by atoms with van der Waals surface area (Å²) in [6.45, 7) is 1.09. The summed E-state index contributed by atoms with van der Waals surface area (Å²) in [4.78, 5) is 138. The predicted molar refractivity (Wildman–Crippen MR) is 244 cm³/mol. The van der Waals surface area contributed by atoms with Crippen LogP contribution in [0.1, 0.15) is 49.4 Å². The van der Waals surface area contributed by atoms with E-state index in [1.165, 1.54) is 19.4 Å². The van der Waals surface area contributed by atoms with Gasteiger partial charge >= 0.3 is 6.03 Å². The summed E-state index contributed by atoms with van der Waals surface area (Å²) in [6, 6.07) is 5.15. The summed E-state index contributed by atoms with van der Waals surface area (Å²) < 4.78 is 0. The smallest absolute Gasteiger partial charge is 0.325 e. The highest BCUT2D eigenvalue weighted by Crippen LogP contribution is 2.20. The number of benzene rings is 2. The summed E-state index contributed by atoms with van der Waals surface area (Å²) in [5.41, 5.74) is 19.2. The van der Waals surface area contributed by atoms with Gasteiger partial charge in [0.25, 0.3) is 5.91 Å². The van der Waals surface area contributed by atoms with E-state index in [9.17, 15) is 43.2 Å². The maximum atomic E-state index is 14.5. The lowest BCUT2D eigenvalue weighted by Gasteiger charge is -2.28. The van der Waals surface area contributed by atoms with E-state index in [2.05, 4.69) is 57.2 Å². The van der Waals surface area contributed by atoms with Crippen LogP contribution in [0.3, 0.4) is 0 Å². The molecular formula is C44H55N15O9. The van der Waals surface area contributed by atoms with Crippen LogP contribution in [0.2, 0.25) is 0 Å². The number of imide groups is 1. The van der Waals surface area contributed by atoms with Crippen LogP contribution in [-0.2, 0) is 57.6 Å². The van der Waals surface area contributed by atoms with Gasteiger partial charge in [-0.1, -0.05) is 48.5 Å². The van der Waals surface area contributed by atoms with E-state index < -0.39 is 102 Å². The van der Waals surface area contributed by atoms with Gasteiger partial charge in [0.1, 0.15) is 42.3 Å². The number of hydrogen-bond acceptors (Lipinski definition) is 11. The largest absolute Gasteiger partial charge is 0.370 e. The predicted octanol–water partition coefficient (Wildman–Crippen LogP) is -2.90. The van der Waals surface area contributed by atoms with Crippen LogP contribution in [0.15, 0.2) is 78.3 Å². The van der Waals surface area contributed by atoms with Crippen LogP contribution in [0.25, 0.3) is 10.9 Å². The van der Waals surface area contributed by atoms with Crippen molar-refractivity contribution in [2.75, 3.05) is 13.1 Å². The minimum atomic E-state index is -1.49. The molecule has 24 heteroatoms. The topological polar surface area (TPSA) is 376 Å². The lowest BCUT2D eigenvalue weighted by Crippen LogP contribution is -2.60. The van der Waals surface area contributed by atoms with Gasteiger partial charge in [0.15, 0.2) is 5.96 Å². The number of nitrogens with two attached hydrogens (primary N) is 3. The molecule has 0 radical (unpaired) electrons. The number of imidazole rings is 1. The molecule has 2 saturated heterocycles. The van der Waals surface area contributed by atoms with Crippen molar-refractivity contribution in [3.8, 4) is 0 Å². The van der Waals surface area contributed by atoms with Gasteiger partial charge in [0, 0.05) is 61.3 Å². The number of hydrogen-bond donors (Lipinski definition) is 12. The van der Waals surface area contributed by atoms with Crippen molar-refractivity contribution in [1.82, 2.24) is 57.1 Å². The monoisotopic (exact) mass is 937 g/mol. The number of carbonyl (C=O) groups excluding carboxylic acids is 9. The number of aromatic nitrogens is 3. The summed E-state index contributed by atoms with van der Waals surface area (Å²) >= 11 is 0. The quantitative estimate of drug-likeness (QED) is 0.0312. The SMILES string of the molecule is C[C@@H]1C(=O)N[C@@H](Cc2cnc[nH]2)C(=O)N[C@H](Cc2ccccc2)C(=O)N[C@@H](CCCN=C(N)N)C(=O)N[C@@H](Cc2c[nH]c3ccccc23)C(=O)N[C@H](C(N)=O)CCNC(=O)C[C@@H]2NC(=O)N1C2=O. The highest BCUT2D eigenvalue weighted by atomic mass is 16.2. The Balaban J connectivity index is 1.37. The number of nitrogens with zero attached hydrogens (tertiary/aromatic N) is 3. The first-order valence-electron chi connectivity index (χ1n) is 21.9. The number of H-pyrrole nitrogens is 2. The number of rotatable bonds is 11. The first-order chi connectivity index (χ1) is 32.6. The highest BCUT2D eigenvalue weighted by Gasteiger charge is 2.44. The molecular weight excluding hydrogens is 883 g/mol. The molecule has 10 amide bonds. The Bertz CT molecular complexity index is 2530. The van der Waals surface area contributed by atoms with E-state index in [0.29, 0.717) is 21.7 Å². The van der Waals surface area contributed by atoms with Gasteiger partial charge in [-0.15, -0.1) is 0 Å². The molecule has 24 nitrogen and oxygen atoms in total. The van der Waals surface area contributed by atoms with Gasteiger partial charge in [-0.2, -0.15) is 0 Å². The maximum absolute atomic E-state index is 14.5. The second kappa shape index (κ2) is 22.7. The van der Waals surface area contributed by atoms with Crippen molar-refractivity contribution in [1.29, 1.82) is 0 Å². The Labute approximate surface area is 389 Å². The number of fused-ring (bicyclic) bond motifs is 3. The fraction of sp³-hybridized carbons (Fsp3) is 0.386. The maximum Gasteiger partial charge on any atom is 0.325 e. The van der Waals surface area contributed by atoms with Crippen molar-refractivity contribution >= 4 is 70.2 Å². The Hall–Kier alpha value is -8.31. The Morgan fingerprint density at radius 3 is 2.06 bits per heavy atom. The molecule has 4 aromatic rings. The number of aromatic amines is 2. The van der Waals surface area contributed by atoms with Gasteiger partial charge in [0.05, 0.1) is 12.7 Å². The summed E-state index contributed by atoms with van der Waals surface area (Å²) in [6.07, 6.45) is 3.39. The van der Waals surface area contributed by atoms with Crippen LogP contribution in [-0.4, -0.2) is 134 Å². The zero-order valence-corrected chi connectivity index (χ0v) is 37.1. The van der Waals surface area contributed by atoms with Crippen molar-refractivity contribution in [2.45, 2.75) is 94.2 Å². The Morgan fingerprint density at radius 1 is 0.735 bits per heavy atom. The number of para-hydroxylation sites is 1. The van der Waals surface area contributed by atoms with Gasteiger partial charge < -0.3 is 64.4 Å². The number of guanidine groups is 1. The van der Waals surface area contributed by atoms with E-state index >= 15 is 0 Å². The van der Waals surface area contributed by atoms with E-state index in [1.54, 1.807) is 42.6 Å². The lowest BCUT2D eigenvalue weighted by molar-refractivity contribution is -0.138. The molecule has 2 aromatic carbocycles. The molecule has 4 heterocycles. The van der Waals surface area contributed by atoms with Crippen molar-refractivity contribution in [3.63, 3.8) is 0 Å². The molecule has 2 bridgehead atoms. The van der Waals surface area contributed by atoms with Crippen molar-refractivity contribution in [3.05, 3.63) is 90.1 Å². The molecule has 2 aliphatic heterocycles. The normalized spacial score (nSPS) is 23.8. The zero-order valence-electron chi connectivity index (χ0n) is 37.1. The van der Waals surface area contributed by atoms with Gasteiger partial charge in [-0.3, -0.25) is 48.2 Å². The second-order valence-corrected chi connectivity index (χ2v) is 16.4. The summed E-state index contributed by atoms with van der Waals surface area (Å²) in [5, 5.41) is 19.0. The lowest BCUT2D eigenvalue weighted by atomic mass is 10.0. The van der Waals surface area contributed by atoms with Crippen LogP contribution in [0.5, 0.6) is 0 Å². The van der Waals surface area contributed by atoms with E-state index in [-0.39, 0.29) is 57.6 Å². The highest BCUT2D eigenvalue weighted by molar-refractivity contribution is 6.09. The zero-order chi connectivity index (χ0) is 48.9. The van der Waals surface area contributed by atoms with E-state index in [1.807, 2.05) is 18.2 Å². The minimum Gasteiger partial charge on any atom is -0.370 e. The van der Waals surface area contributed by atoms with Crippen LogP contribution in [0, 0.1) is 0 Å². The van der Waals surface area contributed by atoms with Crippen LogP contribution >= 0.6 is 0 Å². The average molecular weight is 938 g/mol. The molecule has 0 spiro atoms. The number of carbonyl (C=O) groups is 9. The van der Waals surface area contributed by atoms with E-state index in [0.717, 1.165) is 10.9 Å². The molecule has 0 aliphatic carbocycles. The number of amides is 10. The third-order valence-corrected chi connectivity index (χ3v) is 11.5. The average Bonchev–Trinajstić information content (AvgIpc) is 4.04. The molecule has 2 aromatic heterocycles.